The minimum absolute atomic E-state index is 0.194. The molecule has 0 aliphatic rings. The van der Waals surface area contributed by atoms with Crippen LogP contribution in [-0.2, 0) is 0 Å². The fraction of sp³-hybridized carbons (Fsp3) is 0.448. The van der Waals surface area contributed by atoms with E-state index >= 15 is 0 Å². The van der Waals surface area contributed by atoms with Gasteiger partial charge in [0, 0.05) is 6.07 Å². The van der Waals surface area contributed by atoms with Crippen molar-refractivity contribution in [1.82, 2.24) is 0 Å². The maximum absolute atomic E-state index is 13.2. The van der Waals surface area contributed by atoms with Crippen LogP contribution < -0.4 is 18.9 Å². The van der Waals surface area contributed by atoms with Crippen molar-refractivity contribution < 1.29 is 28.5 Å². The van der Waals surface area contributed by atoms with Crippen LogP contribution in [0.15, 0.2) is 128 Å². The standard InChI is InChI=1S/C58H73BrN4O6/c1-5-7-9-11-13-15-17-19-21-23-39-66-54-37-33-50(41-44(54)3)62-60-48-29-25-46(26-30-48)57(64)68-52-35-36-53(59)56(43-52)69-58(65)47-27-31-49(32-28-47)61-63-51-34-38-55(45(4)42-51)67-40-24-22-20-18-16-14-12-10-8-6-2/h25-38,41-43H,5-24,39-40H2,1-4H3. The maximum atomic E-state index is 13.2. The number of hydrogen-bond donors (Lipinski definition) is 0. The summed E-state index contributed by atoms with van der Waals surface area (Å²) in [5.41, 5.74) is 5.23. The molecule has 0 unspecified atom stereocenters. The molecule has 368 valence electrons. The number of ether oxygens (including phenoxy) is 4. The molecule has 0 aliphatic heterocycles. The Bertz CT molecular complexity index is 2370. The van der Waals surface area contributed by atoms with Crippen LogP contribution in [0.4, 0.5) is 22.7 Å². The highest BCUT2D eigenvalue weighted by Crippen LogP contribution is 2.32. The van der Waals surface area contributed by atoms with Gasteiger partial charge in [-0.25, -0.2) is 9.59 Å². The Morgan fingerprint density at radius 2 is 0.768 bits per heavy atom. The molecule has 0 N–H and O–H groups in total. The minimum Gasteiger partial charge on any atom is -0.493 e. The Labute approximate surface area is 419 Å². The van der Waals surface area contributed by atoms with E-state index in [1.54, 1.807) is 60.7 Å². The van der Waals surface area contributed by atoms with E-state index < -0.39 is 11.9 Å². The number of nitrogens with zero attached hydrogens (tertiary/aromatic N) is 4. The smallest absolute Gasteiger partial charge is 0.343 e. The molecule has 5 rings (SSSR count). The zero-order chi connectivity index (χ0) is 48.9. The summed E-state index contributed by atoms with van der Waals surface area (Å²) in [4.78, 5) is 26.2. The molecule has 0 fully saturated rings. The summed E-state index contributed by atoms with van der Waals surface area (Å²) in [6.45, 7) is 9.96. The van der Waals surface area contributed by atoms with Crippen molar-refractivity contribution in [2.45, 2.75) is 156 Å². The number of unbranched alkanes of at least 4 members (excludes halogenated alkanes) is 18. The van der Waals surface area contributed by atoms with E-state index in [-0.39, 0.29) is 11.5 Å². The van der Waals surface area contributed by atoms with Gasteiger partial charge in [-0.2, -0.15) is 20.5 Å². The van der Waals surface area contributed by atoms with Gasteiger partial charge in [-0.1, -0.05) is 129 Å². The van der Waals surface area contributed by atoms with Gasteiger partial charge in [-0.3, -0.25) is 0 Å². The van der Waals surface area contributed by atoms with Gasteiger partial charge in [0.2, 0.25) is 0 Å². The Balaban J connectivity index is 1.02. The highest BCUT2D eigenvalue weighted by molar-refractivity contribution is 9.10. The van der Waals surface area contributed by atoms with Crippen molar-refractivity contribution >= 4 is 50.6 Å². The van der Waals surface area contributed by atoms with Gasteiger partial charge < -0.3 is 18.9 Å². The van der Waals surface area contributed by atoms with Gasteiger partial charge in [-0.15, -0.1) is 0 Å². The Morgan fingerprint density at radius 3 is 1.17 bits per heavy atom. The van der Waals surface area contributed by atoms with Crippen molar-refractivity contribution in [3.8, 4) is 23.0 Å². The van der Waals surface area contributed by atoms with Gasteiger partial charge in [-0.05, 0) is 151 Å². The minimum atomic E-state index is -0.588. The van der Waals surface area contributed by atoms with Crippen LogP contribution in [0.3, 0.4) is 0 Å². The third-order valence-corrected chi connectivity index (χ3v) is 12.6. The van der Waals surface area contributed by atoms with Crippen LogP contribution in [0.5, 0.6) is 23.0 Å². The fourth-order valence-electron chi connectivity index (χ4n) is 7.77. The molecule has 0 amide bonds. The van der Waals surface area contributed by atoms with E-state index in [4.69, 9.17) is 18.9 Å². The first-order chi connectivity index (χ1) is 33.7. The van der Waals surface area contributed by atoms with Gasteiger partial charge in [0.1, 0.15) is 23.0 Å². The number of rotatable bonds is 32. The predicted molar refractivity (Wildman–Crippen MR) is 282 cm³/mol. The third-order valence-electron chi connectivity index (χ3n) is 11.9. The number of hydrogen-bond acceptors (Lipinski definition) is 10. The number of benzene rings is 5. The van der Waals surface area contributed by atoms with E-state index in [0.717, 1.165) is 35.5 Å². The van der Waals surface area contributed by atoms with Crippen molar-refractivity contribution in [2.75, 3.05) is 13.2 Å². The number of carbonyl (C=O) groups is 2. The van der Waals surface area contributed by atoms with Crippen molar-refractivity contribution in [3.63, 3.8) is 0 Å². The molecular weight excluding hydrogens is 929 g/mol. The summed E-state index contributed by atoms with van der Waals surface area (Å²) in [6.07, 6.45) is 25.9. The summed E-state index contributed by atoms with van der Waals surface area (Å²) in [6, 6.07) is 29.6. The van der Waals surface area contributed by atoms with Crippen LogP contribution in [-0.4, -0.2) is 25.2 Å². The van der Waals surface area contributed by atoms with Crippen LogP contribution in [0.25, 0.3) is 0 Å². The lowest BCUT2D eigenvalue weighted by Gasteiger charge is -2.10. The topological polar surface area (TPSA) is 121 Å². The first-order valence-electron chi connectivity index (χ1n) is 25.5. The van der Waals surface area contributed by atoms with Crippen LogP contribution in [0.1, 0.15) is 174 Å². The predicted octanol–water partition coefficient (Wildman–Crippen LogP) is 18.9. The molecule has 0 heterocycles. The van der Waals surface area contributed by atoms with E-state index in [1.165, 1.54) is 122 Å². The first-order valence-corrected chi connectivity index (χ1v) is 26.3. The molecule has 69 heavy (non-hydrogen) atoms. The quantitative estimate of drug-likeness (QED) is 0.0183. The number of azo groups is 2. The second-order valence-electron chi connectivity index (χ2n) is 17.8. The highest BCUT2D eigenvalue weighted by Gasteiger charge is 2.15. The van der Waals surface area contributed by atoms with Crippen LogP contribution in [0, 0.1) is 13.8 Å². The third kappa shape index (κ3) is 20.4. The molecule has 5 aromatic rings. The largest absolute Gasteiger partial charge is 0.493 e. The summed E-state index contributed by atoms with van der Waals surface area (Å²) >= 11 is 3.44. The molecule has 0 aromatic heterocycles. The molecule has 0 atom stereocenters. The van der Waals surface area contributed by atoms with E-state index in [2.05, 4.69) is 50.2 Å². The molecule has 10 nitrogen and oxygen atoms in total. The molecule has 5 aromatic carbocycles. The van der Waals surface area contributed by atoms with Crippen molar-refractivity contribution in [3.05, 3.63) is 130 Å². The SMILES string of the molecule is CCCCCCCCCCCCOc1ccc(N=Nc2ccc(C(=O)Oc3ccc(Br)c(OC(=O)c4ccc(N=Nc5ccc(OCCCCCCCCCCCC)c(C)c5)cc4)c3)cc2)cc1C. The van der Waals surface area contributed by atoms with E-state index in [0.29, 0.717) is 51.6 Å². The van der Waals surface area contributed by atoms with E-state index in [1.807, 2.05) is 50.2 Å². The Hall–Kier alpha value is -5.68. The molecule has 0 radical (unpaired) electrons. The van der Waals surface area contributed by atoms with Gasteiger partial charge in [0.25, 0.3) is 0 Å². The summed E-state index contributed by atoms with van der Waals surface area (Å²) in [5.74, 6) is 0.963. The summed E-state index contributed by atoms with van der Waals surface area (Å²) in [5, 5.41) is 17.5. The average molecular weight is 1000 g/mol. The molecule has 0 saturated heterocycles. The second-order valence-corrected chi connectivity index (χ2v) is 18.7. The summed E-state index contributed by atoms with van der Waals surface area (Å²) in [7, 11) is 0. The molecular formula is C58H73BrN4O6. The molecule has 0 aliphatic carbocycles. The molecule has 0 spiro atoms. The first kappa shape index (κ1) is 54.3. The zero-order valence-electron chi connectivity index (χ0n) is 41.5. The van der Waals surface area contributed by atoms with Gasteiger partial charge in [0.05, 0.1) is 51.6 Å². The lowest BCUT2D eigenvalue weighted by molar-refractivity contribution is 0.0732. The Morgan fingerprint density at radius 1 is 0.406 bits per heavy atom. The molecule has 0 bridgehead atoms. The normalized spacial score (nSPS) is 11.4. The van der Waals surface area contributed by atoms with Crippen LogP contribution in [0.2, 0.25) is 0 Å². The maximum Gasteiger partial charge on any atom is 0.343 e. The molecule has 0 saturated carbocycles. The van der Waals surface area contributed by atoms with Crippen molar-refractivity contribution in [2.24, 2.45) is 20.5 Å². The van der Waals surface area contributed by atoms with Gasteiger partial charge >= 0.3 is 11.9 Å². The zero-order valence-corrected chi connectivity index (χ0v) is 43.1. The summed E-state index contributed by atoms with van der Waals surface area (Å²) < 4.78 is 24.0. The average Bonchev–Trinajstić information content (AvgIpc) is 3.36. The molecule has 11 heteroatoms. The lowest BCUT2D eigenvalue weighted by Crippen LogP contribution is -2.10. The lowest BCUT2D eigenvalue weighted by atomic mass is 10.1. The number of esters is 2. The van der Waals surface area contributed by atoms with Crippen LogP contribution >= 0.6 is 15.9 Å². The number of aryl methyl sites for hydroxylation is 2. The van der Waals surface area contributed by atoms with Crippen molar-refractivity contribution in [1.29, 1.82) is 0 Å². The highest BCUT2D eigenvalue weighted by atomic mass is 79.9. The fourth-order valence-corrected chi connectivity index (χ4v) is 8.10. The second kappa shape index (κ2) is 31.4. The Kier molecular flexibility index (Phi) is 24.7. The number of carbonyl (C=O) groups excluding carboxylic acids is 2. The monoisotopic (exact) mass is 1000 g/mol. The number of halogens is 1. The van der Waals surface area contributed by atoms with Gasteiger partial charge in [0.15, 0.2) is 0 Å². The van der Waals surface area contributed by atoms with E-state index in [9.17, 15) is 9.59 Å².